The predicted octanol–water partition coefficient (Wildman–Crippen LogP) is 2.00. The van der Waals surface area contributed by atoms with Crippen molar-refractivity contribution in [2.75, 3.05) is 5.75 Å². The minimum absolute atomic E-state index is 0.0386. The highest BCUT2D eigenvalue weighted by atomic mass is 32.2. The summed E-state index contributed by atoms with van der Waals surface area (Å²) in [6, 6.07) is 5.73. The zero-order chi connectivity index (χ0) is 10.7. The van der Waals surface area contributed by atoms with Gasteiger partial charge < -0.3 is 0 Å². The first kappa shape index (κ1) is 11.1. The van der Waals surface area contributed by atoms with Crippen molar-refractivity contribution < 1.29 is 9.00 Å². The van der Waals surface area contributed by atoms with E-state index in [0.717, 1.165) is 16.0 Å². The third-order valence-electron chi connectivity index (χ3n) is 1.91. The number of benzene rings is 1. The maximum absolute atomic E-state index is 11.7. The quantitative estimate of drug-likeness (QED) is 0.764. The van der Waals surface area contributed by atoms with E-state index in [0.29, 0.717) is 0 Å². The Morgan fingerprint density at radius 1 is 1.36 bits per heavy atom. The van der Waals surface area contributed by atoms with Gasteiger partial charge in [0.25, 0.3) is 0 Å². The van der Waals surface area contributed by atoms with Gasteiger partial charge in [-0.05, 0) is 32.4 Å². The van der Waals surface area contributed by atoms with Gasteiger partial charge in [0.05, 0.1) is 16.6 Å². The Labute approximate surface area is 86.8 Å². The number of carbonyl (C=O) groups excluding carboxylic acids is 1. The Morgan fingerprint density at radius 3 is 2.50 bits per heavy atom. The first-order chi connectivity index (χ1) is 6.50. The van der Waals surface area contributed by atoms with Crippen molar-refractivity contribution in [2.24, 2.45) is 0 Å². The number of hydrogen-bond acceptors (Lipinski definition) is 2. The summed E-state index contributed by atoms with van der Waals surface area (Å²) in [6.45, 7) is 5.37. The van der Waals surface area contributed by atoms with Crippen molar-refractivity contribution in [1.82, 2.24) is 0 Å². The molecule has 76 valence electrons. The van der Waals surface area contributed by atoms with Crippen LogP contribution in [0.3, 0.4) is 0 Å². The van der Waals surface area contributed by atoms with Crippen molar-refractivity contribution in [3.05, 3.63) is 29.3 Å². The standard InChI is InChI=1S/C11H14O2S/c1-8-4-5-11(9(2)6-8)14(13)7-10(3)12/h4-6H,7H2,1-3H3. The summed E-state index contributed by atoms with van der Waals surface area (Å²) in [6.07, 6.45) is 0. The molecule has 0 saturated carbocycles. The predicted molar refractivity (Wildman–Crippen MR) is 57.9 cm³/mol. The van der Waals surface area contributed by atoms with E-state index < -0.39 is 10.8 Å². The molecule has 3 heteroatoms. The van der Waals surface area contributed by atoms with E-state index in [9.17, 15) is 9.00 Å². The van der Waals surface area contributed by atoms with Crippen molar-refractivity contribution in [2.45, 2.75) is 25.7 Å². The van der Waals surface area contributed by atoms with Crippen LogP contribution in [0, 0.1) is 13.8 Å². The van der Waals surface area contributed by atoms with E-state index in [1.165, 1.54) is 6.92 Å². The molecule has 1 unspecified atom stereocenters. The second-order valence-corrected chi connectivity index (χ2v) is 4.88. The van der Waals surface area contributed by atoms with Crippen LogP contribution < -0.4 is 0 Å². The van der Waals surface area contributed by atoms with Crippen LogP contribution in [0.15, 0.2) is 23.1 Å². The smallest absolute Gasteiger partial charge is 0.142 e. The summed E-state index contributed by atoms with van der Waals surface area (Å²) < 4.78 is 11.7. The highest BCUT2D eigenvalue weighted by molar-refractivity contribution is 7.85. The van der Waals surface area contributed by atoms with E-state index in [4.69, 9.17) is 0 Å². The molecule has 0 radical (unpaired) electrons. The minimum atomic E-state index is -1.18. The van der Waals surface area contributed by atoms with Gasteiger partial charge in [-0.1, -0.05) is 17.7 Å². The third-order valence-corrected chi connectivity index (χ3v) is 3.53. The number of carbonyl (C=O) groups is 1. The van der Waals surface area contributed by atoms with Crippen LogP contribution in [-0.4, -0.2) is 15.7 Å². The van der Waals surface area contributed by atoms with Crippen molar-refractivity contribution in [1.29, 1.82) is 0 Å². The van der Waals surface area contributed by atoms with Gasteiger partial charge in [0.1, 0.15) is 5.78 Å². The zero-order valence-corrected chi connectivity index (χ0v) is 9.48. The summed E-state index contributed by atoms with van der Waals surface area (Å²) in [5.74, 6) is 0.0764. The lowest BCUT2D eigenvalue weighted by Crippen LogP contribution is -2.07. The first-order valence-electron chi connectivity index (χ1n) is 4.46. The Bertz CT molecular complexity index is 383. The molecule has 0 aromatic heterocycles. The SMILES string of the molecule is CC(=O)CS(=O)c1ccc(C)cc1C. The summed E-state index contributed by atoms with van der Waals surface area (Å²) in [5.41, 5.74) is 2.13. The fourth-order valence-corrected chi connectivity index (χ4v) is 2.48. The van der Waals surface area contributed by atoms with Crippen molar-refractivity contribution in [3.63, 3.8) is 0 Å². The Morgan fingerprint density at radius 2 is 2.00 bits per heavy atom. The molecule has 14 heavy (non-hydrogen) atoms. The molecule has 0 heterocycles. The minimum Gasteiger partial charge on any atom is -0.299 e. The Hall–Kier alpha value is -0.960. The van der Waals surface area contributed by atoms with Gasteiger partial charge >= 0.3 is 0 Å². The molecule has 2 nitrogen and oxygen atoms in total. The number of rotatable bonds is 3. The molecular weight excluding hydrogens is 196 g/mol. The van der Waals surface area contributed by atoms with Crippen LogP contribution in [0.4, 0.5) is 0 Å². The number of Topliss-reactive ketones (excluding diaryl/α,β-unsaturated/α-hetero) is 1. The number of aryl methyl sites for hydroxylation is 2. The van der Waals surface area contributed by atoms with Crippen LogP contribution in [0.1, 0.15) is 18.1 Å². The lowest BCUT2D eigenvalue weighted by molar-refractivity contribution is -0.114. The van der Waals surface area contributed by atoms with Gasteiger partial charge in [0, 0.05) is 4.90 Å². The third kappa shape index (κ3) is 2.77. The normalized spacial score (nSPS) is 12.5. The first-order valence-corrected chi connectivity index (χ1v) is 5.77. The highest BCUT2D eigenvalue weighted by Crippen LogP contribution is 2.14. The molecular formula is C11H14O2S. The molecule has 0 aliphatic heterocycles. The maximum Gasteiger partial charge on any atom is 0.142 e. The van der Waals surface area contributed by atoms with E-state index in [1.54, 1.807) is 0 Å². The maximum atomic E-state index is 11.7. The molecule has 1 aromatic carbocycles. The van der Waals surface area contributed by atoms with E-state index in [1.807, 2.05) is 32.0 Å². The van der Waals surface area contributed by atoms with Crippen molar-refractivity contribution >= 4 is 16.6 Å². The fraction of sp³-hybridized carbons (Fsp3) is 0.364. The van der Waals surface area contributed by atoms with Gasteiger partial charge in [0.2, 0.25) is 0 Å². The molecule has 0 N–H and O–H groups in total. The zero-order valence-electron chi connectivity index (χ0n) is 8.66. The van der Waals surface area contributed by atoms with Crippen LogP contribution in [-0.2, 0) is 15.6 Å². The van der Waals surface area contributed by atoms with Crippen LogP contribution in [0.5, 0.6) is 0 Å². The summed E-state index contributed by atoms with van der Waals surface area (Å²) in [4.78, 5) is 11.6. The number of ketones is 1. The molecule has 1 rings (SSSR count). The Kier molecular flexibility index (Phi) is 3.58. The summed E-state index contributed by atoms with van der Waals surface area (Å²) in [7, 11) is -1.18. The second-order valence-electron chi connectivity index (χ2n) is 3.46. The molecule has 1 aromatic rings. The van der Waals surface area contributed by atoms with Gasteiger partial charge in [-0.25, -0.2) is 0 Å². The lowest BCUT2D eigenvalue weighted by Gasteiger charge is -2.05. The lowest BCUT2D eigenvalue weighted by atomic mass is 10.2. The largest absolute Gasteiger partial charge is 0.299 e. The second kappa shape index (κ2) is 4.51. The topological polar surface area (TPSA) is 34.1 Å². The van der Waals surface area contributed by atoms with Gasteiger partial charge in [0.15, 0.2) is 0 Å². The van der Waals surface area contributed by atoms with E-state index in [-0.39, 0.29) is 11.5 Å². The van der Waals surface area contributed by atoms with E-state index >= 15 is 0 Å². The summed E-state index contributed by atoms with van der Waals surface area (Å²) >= 11 is 0. The Balaban J connectivity index is 2.96. The molecule has 0 spiro atoms. The molecule has 0 fully saturated rings. The fourth-order valence-electron chi connectivity index (χ4n) is 1.32. The van der Waals surface area contributed by atoms with Crippen LogP contribution in [0.2, 0.25) is 0 Å². The summed E-state index contributed by atoms with van der Waals surface area (Å²) in [5, 5.41) is 0. The average Bonchev–Trinajstić information content (AvgIpc) is 2.01. The molecule has 0 bridgehead atoms. The molecule has 0 saturated heterocycles. The average molecular weight is 210 g/mol. The number of hydrogen-bond donors (Lipinski definition) is 0. The van der Waals surface area contributed by atoms with Gasteiger partial charge in [-0.3, -0.25) is 9.00 Å². The molecule has 1 atom stereocenters. The van der Waals surface area contributed by atoms with Gasteiger partial charge in [-0.15, -0.1) is 0 Å². The van der Waals surface area contributed by atoms with E-state index in [2.05, 4.69) is 0 Å². The molecule has 0 aliphatic carbocycles. The van der Waals surface area contributed by atoms with Gasteiger partial charge in [-0.2, -0.15) is 0 Å². The van der Waals surface area contributed by atoms with Crippen LogP contribution in [0.25, 0.3) is 0 Å². The van der Waals surface area contributed by atoms with Crippen molar-refractivity contribution in [3.8, 4) is 0 Å². The molecule has 0 amide bonds. The van der Waals surface area contributed by atoms with Crippen LogP contribution >= 0.6 is 0 Å². The monoisotopic (exact) mass is 210 g/mol. The highest BCUT2D eigenvalue weighted by Gasteiger charge is 2.09. The molecule has 0 aliphatic rings.